The van der Waals surface area contributed by atoms with Gasteiger partial charge in [0.15, 0.2) is 5.78 Å². The van der Waals surface area contributed by atoms with Crippen molar-refractivity contribution in [1.29, 1.82) is 0 Å². The van der Waals surface area contributed by atoms with E-state index >= 15 is 0 Å². The molecule has 1 unspecified atom stereocenters. The number of halogens is 6. The van der Waals surface area contributed by atoms with E-state index in [9.17, 15) is 31.5 Å². The van der Waals surface area contributed by atoms with Gasteiger partial charge in [-0.2, -0.15) is 8.78 Å². The first-order valence-corrected chi connectivity index (χ1v) is 7.29. The number of carbonyl (C=O) groups is 2. The molecule has 1 atom stereocenters. The van der Waals surface area contributed by atoms with E-state index in [4.69, 9.17) is 0 Å². The molecular formula is C13H11BrF5N3O3. The Kier molecular flexibility index (Phi) is 6.57. The maximum Gasteiger partial charge on any atom is 0.594 e. The molecule has 0 bridgehead atoms. The average molecular weight is 432 g/mol. The second-order valence-electron chi connectivity index (χ2n) is 4.86. The third kappa shape index (κ3) is 6.36. The van der Waals surface area contributed by atoms with Crippen LogP contribution in [0.3, 0.4) is 0 Å². The summed E-state index contributed by atoms with van der Waals surface area (Å²) < 4.78 is 61.9. The number of alkyl halides is 5. The lowest BCUT2D eigenvalue weighted by Crippen LogP contribution is -2.34. The standard InChI is InChI=1S/C13H11BrF5N3O3/c1-6(11(24)12(2,15)16)10(23)8-4-3-7(14)5-9(8)20-21-22-25-13(17,18)19/h3-6H,1-2H3,(H,20,22). The van der Waals surface area contributed by atoms with Crippen LogP contribution in [0.15, 0.2) is 33.2 Å². The van der Waals surface area contributed by atoms with Crippen molar-refractivity contribution in [2.45, 2.75) is 26.1 Å². The van der Waals surface area contributed by atoms with Crippen molar-refractivity contribution >= 4 is 33.2 Å². The van der Waals surface area contributed by atoms with Crippen molar-refractivity contribution in [2.24, 2.45) is 16.4 Å². The second-order valence-corrected chi connectivity index (χ2v) is 5.77. The van der Waals surface area contributed by atoms with Gasteiger partial charge in [-0.15, -0.1) is 13.2 Å². The maximum absolute atomic E-state index is 13.1. The van der Waals surface area contributed by atoms with Gasteiger partial charge in [0.25, 0.3) is 0 Å². The fraction of sp³-hybridized carbons (Fsp3) is 0.385. The van der Waals surface area contributed by atoms with Crippen molar-refractivity contribution in [3.8, 4) is 0 Å². The number of Topliss-reactive ketones (excluding diaryl/α,β-unsaturated/α-hetero) is 2. The number of ketones is 2. The Bertz CT molecular complexity index is 688. The summed E-state index contributed by atoms with van der Waals surface area (Å²) in [6.07, 6.45) is -5.05. The van der Waals surface area contributed by atoms with Crippen LogP contribution in [0.4, 0.5) is 27.6 Å². The number of benzene rings is 1. The van der Waals surface area contributed by atoms with Crippen LogP contribution in [-0.2, 0) is 9.63 Å². The van der Waals surface area contributed by atoms with Crippen molar-refractivity contribution in [3.63, 3.8) is 0 Å². The van der Waals surface area contributed by atoms with Crippen LogP contribution in [0.5, 0.6) is 0 Å². The molecule has 12 heteroatoms. The lowest BCUT2D eigenvalue weighted by Gasteiger charge is -2.16. The van der Waals surface area contributed by atoms with Gasteiger partial charge >= 0.3 is 12.3 Å². The molecule has 138 valence electrons. The van der Waals surface area contributed by atoms with Gasteiger partial charge in [0, 0.05) is 17.0 Å². The number of rotatable bonds is 7. The van der Waals surface area contributed by atoms with Crippen molar-refractivity contribution in [1.82, 2.24) is 0 Å². The Balaban J connectivity index is 3.04. The molecule has 0 fully saturated rings. The lowest BCUT2D eigenvalue weighted by atomic mass is 9.92. The summed E-state index contributed by atoms with van der Waals surface area (Å²) >= 11 is 3.06. The summed E-state index contributed by atoms with van der Waals surface area (Å²) in [6, 6.07) is 3.80. The van der Waals surface area contributed by atoms with Gasteiger partial charge in [-0.25, -0.2) is 0 Å². The summed E-state index contributed by atoms with van der Waals surface area (Å²) in [5, 5.41) is 5.25. The number of nitrogens with zero attached hydrogens (tertiary/aromatic N) is 2. The highest BCUT2D eigenvalue weighted by molar-refractivity contribution is 9.10. The molecule has 0 saturated carbocycles. The molecule has 0 aliphatic rings. The zero-order chi connectivity index (χ0) is 19.4. The van der Waals surface area contributed by atoms with Gasteiger partial charge in [-0.05, 0) is 30.3 Å². The van der Waals surface area contributed by atoms with Gasteiger partial charge < -0.3 is 0 Å². The molecule has 1 rings (SSSR count). The largest absolute Gasteiger partial charge is 0.594 e. The lowest BCUT2D eigenvalue weighted by molar-refractivity contribution is -0.329. The molecule has 0 saturated heterocycles. The van der Waals surface area contributed by atoms with Gasteiger partial charge in [0.2, 0.25) is 5.78 Å². The highest BCUT2D eigenvalue weighted by Gasteiger charge is 2.39. The number of anilines is 1. The summed E-state index contributed by atoms with van der Waals surface area (Å²) in [7, 11) is 0. The fourth-order valence-corrected chi connectivity index (χ4v) is 2.06. The molecule has 0 heterocycles. The van der Waals surface area contributed by atoms with Crippen LogP contribution in [0.1, 0.15) is 24.2 Å². The number of hydrogen-bond donors (Lipinski definition) is 1. The van der Waals surface area contributed by atoms with E-state index in [-0.39, 0.29) is 11.3 Å². The second kappa shape index (κ2) is 7.85. The Morgan fingerprint density at radius 1 is 1.24 bits per heavy atom. The van der Waals surface area contributed by atoms with E-state index in [1.165, 1.54) is 18.2 Å². The van der Waals surface area contributed by atoms with E-state index < -0.39 is 29.8 Å². The van der Waals surface area contributed by atoms with E-state index in [0.29, 0.717) is 11.4 Å². The quantitative estimate of drug-likeness (QED) is 0.222. The van der Waals surface area contributed by atoms with Crippen LogP contribution in [0.25, 0.3) is 0 Å². The molecule has 25 heavy (non-hydrogen) atoms. The van der Waals surface area contributed by atoms with Gasteiger partial charge in [0.05, 0.1) is 16.9 Å². The summed E-state index contributed by atoms with van der Waals surface area (Å²) in [5.74, 6) is -7.94. The van der Waals surface area contributed by atoms with Crippen LogP contribution in [-0.4, -0.2) is 23.9 Å². The summed E-state index contributed by atoms with van der Waals surface area (Å²) in [6.45, 7) is 1.37. The molecule has 1 aromatic rings. The van der Waals surface area contributed by atoms with Gasteiger partial charge in [0.1, 0.15) is 0 Å². The van der Waals surface area contributed by atoms with Gasteiger partial charge in [-0.3, -0.25) is 19.9 Å². The average Bonchev–Trinajstić information content (AvgIpc) is 2.47. The van der Waals surface area contributed by atoms with E-state index in [1.807, 2.05) is 5.43 Å². The fourth-order valence-electron chi connectivity index (χ4n) is 1.70. The minimum Gasteiger partial charge on any atom is -0.293 e. The Morgan fingerprint density at radius 3 is 2.36 bits per heavy atom. The topological polar surface area (TPSA) is 80.1 Å². The highest BCUT2D eigenvalue weighted by atomic mass is 79.9. The summed E-state index contributed by atoms with van der Waals surface area (Å²) in [4.78, 5) is 26.9. The predicted octanol–water partition coefficient (Wildman–Crippen LogP) is 4.72. The third-order valence-corrected chi connectivity index (χ3v) is 3.32. The Labute approximate surface area is 146 Å². The first kappa shape index (κ1) is 20.9. The molecule has 0 spiro atoms. The van der Waals surface area contributed by atoms with E-state index in [2.05, 4.69) is 31.3 Å². The molecule has 1 aromatic carbocycles. The zero-order valence-electron chi connectivity index (χ0n) is 12.7. The Hall–Kier alpha value is -2.11. The smallest absolute Gasteiger partial charge is 0.293 e. The number of nitrogens with one attached hydrogen (secondary N) is 1. The normalized spacial score (nSPS) is 13.6. The molecule has 0 aliphatic carbocycles. The number of carbonyl (C=O) groups excluding carboxylic acids is 2. The molecule has 0 aliphatic heterocycles. The van der Waals surface area contributed by atoms with E-state index in [0.717, 1.165) is 6.92 Å². The predicted molar refractivity (Wildman–Crippen MR) is 78.9 cm³/mol. The third-order valence-electron chi connectivity index (χ3n) is 2.82. The highest BCUT2D eigenvalue weighted by Crippen LogP contribution is 2.27. The van der Waals surface area contributed by atoms with Crippen LogP contribution < -0.4 is 5.43 Å². The van der Waals surface area contributed by atoms with Crippen LogP contribution in [0.2, 0.25) is 0 Å². The molecule has 0 amide bonds. The molecule has 0 radical (unpaired) electrons. The molecule has 1 N–H and O–H groups in total. The SMILES string of the molecule is CC(C(=O)c1ccc(Br)cc1N/N=N\OC(F)(F)F)C(=O)C(C)(F)F. The molecule has 6 nitrogen and oxygen atoms in total. The first-order valence-electron chi connectivity index (χ1n) is 6.50. The van der Waals surface area contributed by atoms with Crippen LogP contribution in [0, 0.1) is 5.92 Å². The minimum absolute atomic E-state index is 0.159. The van der Waals surface area contributed by atoms with Crippen LogP contribution >= 0.6 is 15.9 Å². The molecule has 0 aromatic heterocycles. The Morgan fingerprint density at radius 2 is 1.84 bits per heavy atom. The van der Waals surface area contributed by atoms with Gasteiger partial charge in [-0.1, -0.05) is 15.9 Å². The minimum atomic E-state index is -5.05. The summed E-state index contributed by atoms with van der Waals surface area (Å²) in [5.41, 5.74) is 1.63. The van der Waals surface area contributed by atoms with E-state index in [1.54, 1.807) is 0 Å². The van der Waals surface area contributed by atoms with Crippen molar-refractivity contribution in [2.75, 3.05) is 5.43 Å². The first-order chi connectivity index (χ1) is 11.3. The number of hydrogen-bond acceptors (Lipinski definition) is 5. The monoisotopic (exact) mass is 431 g/mol. The van der Waals surface area contributed by atoms with Crippen molar-refractivity contribution < 1.29 is 36.4 Å². The zero-order valence-corrected chi connectivity index (χ0v) is 14.3. The maximum atomic E-state index is 13.1. The van der Waals surface area contributed by atoms with Crippen molar-refractivity contribution in [3.05, 3.63) is 28.2 Å². The molecular weight excluding hydrogens is 421 g/mol.